The van der Waals surface area contributed by atoms with Crippen LogP contribution < -0.4 is 0 Å². The number of rotatable bonds is 7. The Bertz CT molecular complexity index is 1330. The lowest BCUT2D eigenvalue weighted by atomic mass is 9.80. The van der Waals surface area contributed by atoms with Crippen LogP contribution in [0.3, 0.4) is 0 Å². The number of halogens is 2. The first-order valence-corrected chi connectivity index (χ1v) is 13.7. The minimum atomic E-state index is -0.523. The van der Waals surface area contributed by atoms with Gasteiger partial charge in [-0.2, -0.15) is 0 Å². The molecule has 0 bridgehead atoms. The smallest absolute Gasteiger partial charge is 0.129 e. The second-order valence-corrected chi connectivity index (χ2v) is 11.0. The fourth-order valence-electron chi connectivity index (χ4n) is 5.88. The summed E-state index contributed by atoms with van der Waals surface area (Å²) in [5.74, 6) is 0.0832. The van der Waals surface area contributed by atoms with E-state index in [1.165, 1.54) is 58.0 Å². The van der Waals surface area contributed by atoms with Crippen LogP contribution in [0.5, 0.6) is 0 Å². The number of nitrogens with zero attached hydrogens (tertiary/aromatic N) is 1. The van der Waals surface area contributed by atoms with Crippen molar-refractivity contribution in [2.75, 3.05) is 0 Å². The van der Waals surface area contributed by atoms with Gasteiger partial charge in [0.15, 0.2) is 0 Å². The van der Waals surface area contributed by atoms with E-state index in [1.54, 1.807) is 6.07 Å². The first-order valence-electron chi connectivity index (χ1n) is 13.7. The molecule has 0 N–H and O–H groups in total. The number of allylic oxidation sites excluding steroid dienone is 2. The maximum absolute atomic E-state index is 14.5. The zero-order valence-electron chi connectivity index (χ0n) is 22.4. The van der Waals surface area contributed by atoms with Crippen molar-refractivity contribution in [3.8, 4) is 0 Å². The Labute approximate surface area is 220 Å². The summed E-state index contributed by atoms with van der Waals surface area (Å²) in [6, 6.07) is 21.7. The summed E-state index contributed by atoms with van der Waals surface area (Å²) < 4.78 is 28.0. The lowest BCUT2D eigenvalue weighted by molar-refractivity contribution is 0.432. The quantitative estimate of drug-likeness (QED) is 0.288. The van der Waals surface area contributed by atoms with Gasteiger partial charge in [0.1, 0.15) is 11.6 Å². The topological polar surface area (TPSA) is 12.4 Å². The predicted octanol–water partition coefficient (Wildman–Crippen LogP) is 9.47. The number of fused-ring (bicyclic) bond motifs is 1. The van der Waals surface area contributed by atoms with Gasteiger partial charge in [-0.05, 0) is 103 Å². The summed E-state index contributed by atoms with van der Waals surface area (Å²) >= 11 is 0. The number of hydrogen-bond donors (Lipinski definition) is 0. The number of hydrogen-bond acceptors (Lipinski definition) is 1. The Balaban J connectivity index is 1.51. The molecular formula is C34H37F2N. The Morgan fingerprint density at radius 2 is 1.73 bits per heavy atom. The standard InChI is InChI=1S/C34H37F2N/c1-5-33(24-9-7-6-8-10-24)37-34(25-11-12-25)27-14-16-30-23(4)28(17-21(2)22(3)31(30)19-27)18-26-13-15-29(35)20-32(26)36/h6-10,13-16,19-20,23,25,28,33H,5,11-12,17-18H2,1-4H3. The fourth-order valence-corrected chi connectivity index (χ4v) is 5.88. The number of benzene rings is 3. The van der Waals surface area contributed by atoms with Crippen molar-refractivity contribution in [2.45, 2.75) is 71.8 Å². The zero-order valence-corrected chi connectivity index (χ0v) is 22.4. The molecule has 0 amide bonds. The monoisotopic (exact) mass is 497 g/mol. The van der Waals surface area contributed by atoms with E-state index in [4.69, 9.17) is 4.99 Å². The first kappa shape index (κ1) is 25.6. The minimum absolute atomic E-state index is 0.169. The molecule has 3 heteroatoms. The SMILES string of the molecule is CCC(N=C(c1ccc2c(c1)C(C)=C(C)CC(Cc1ccc(F)cc1F)C2C)C1CC1)c1ccccc1. The van der Waals surface area contributed by atoms with E-state index in [-0.39, 0.29) is 17.9 Å². The largest absolute Gasteiger partial charge is 0.281 e. The van der Waals surface area contributed by atoms with Gasteiger partial charge < -0.3 is 0 Å². The van der Waals surface area contributed by atoms with Gasteiger partial charge in [-0.3, -0.25) is 4.99 Å². The Morgan fingerprint density at radius 3 is 2.41 bits per heavy atom. The van der Waals surface area contributed by atoms with Crippen LogP contribution in [-0.4, -0.2) is 5.71 Å². The highest BCUT2D eigenvalue weighted by Gasteiger charge is 2.32. The minimum Gasteiger partial charge on any atom is -0.281 e. The van der Waals surface area contributed by atoms with E-state index >= 15 is 0 Å². The third-order valence-electron chi connectivity index (χ3n) is 8.49. The molecule has 2 aliphatic rings. The van der Waals surface area contributed by atoms with Gasteiger partial charge in [0, 0.05) is 17.7 Å². The molecule has 3 unspecified atom stereocenters. The van der Waals surface area contributed by atoms with Crippen LogP contribution in [-0.2, 0) is 6.42 Å². The van der Waals surface area contributed by atoms with Crippen molar-refractivity contribution in [2.24, 2.45) is 16.8 Å². The molecule has 0 aromatic heterocycles. The first-order chi connectivity index (χ1) is 17.9. The number of aliphatic imine (C=N–C) groups is 1. The fraction of sp³-hybridized carbons (Fsp3) is 0.382. The zero-order chi connectivity index (χ0) is 26.1. The summed E-state index contributed by atoms with van der Waals surface area (Å²) in [4.78, 5) is 5.35. The molecule has 0 aliphatic heterocycles. The highest BCUT2D eigenvalue weighted by molar-refractivity contribution is 6.04. The Hall–Kier alpha value is -3.07. The van der Waals surface area contributed by atoms with E-state index in [0.717, 1.165) is 18.9 Å². The molecule has 0 spiro atoms. The van der Waals surface area contributed by atoms with Crippen molar-refractivity contribution >= 4 is 11.3 Å². The second-order valence-electron chi connectivity index (χ2n) is 11.0. The summed E-state index contributed by atoms with van der Waals surface area (Å²) in [6.07, 6.45) is 4.89. The molecule has 3 aromatic carbocycles. The normalized spacial score (nSPS) is 21.0. The van der Waals surface area contributed by atoms with Gasteiger partial charge in [0.2, 0.25) is 0 Å². The molecule has 1 saturated carbocycles. The molecule has 0 radical (unpaired) electrons. The molecule has 2 aliphatic carbocycles. The van der Waals surface area contributed by atoms with E-state index < -0.39 is 11.6 Å². The van der Waals surface area contributed by atoms with Gasteiger partial charge in [0.05, 0.1) is 6.04 Å². The molecule has 5 rings (SSSR count). The molecular weight excluding hydrogens is 460 g/mol. The highest BCUT2D eigenvalue weighted by atomic mass is 19.1. The van der Waals surface area contributed by atoms with Crippen molar-refractivity contribution in [3.63, 3.8) is 0 Å². The summed E-state index contributed by atoms with van der Waals surface area (Å²) in [5, 5.41) is 0. The average molecular weight is 498 g/mol. The van der Waals surface area contributed by atoms with E-state index in [9.17, 15) is 8.78 Å². The van der Waals surface area contributed by atoms with Crippen LogP contribution in [0.4, 0.5) is 8.78 Å². The van der Waals surface area contributed by atoms with Gasteiger partial charge in [-0.1, -0.05) is 68.0 Å². The van der Waals surface area contributed by atoms with Crippen LogP contribution in [0.2, 0.25) is 0 Å². The maximum atomic E-state index is 14.5. The van der Waals surface area contributed by atoms with Crippen LogP contribution in [0, 0.1) is 23.5 Å². The van der Waals surface area contributed by atoms with Gasteiger partial charge >= 0.3 is 0 Å². The van der Waals surface area contributed by atoms with Crippen LogP contribution in [0.1, 0.15) is 93.2 Å². The van der Waals surface area contributed by atoms with Crippen molar-refractivity contribution < 1.29 is 8.78 Å². The van der Waals surface area contributed by atoms with E-state index in [2.05, 4.69) is 76.2 Å². The average Bonchev–Trinajstić information content (AvgIpc) is 3.75. The molecule has 3 atom stereocenters. The van der Waals surface area contributed by atoms with Crippen LogP contribution in [0.25, 0.3) is 5.57 Å². The molecule has 1 nitrogen and oxygen atoms in total. The van der Waals surface area contributed by atoms with E-state index in [0.29, 0.717) is 17.9 Å². The third kappa shape index (κ3) is 5.46. The van der Waals surface area contributed by atoms with Gasteiger partial charge in [-0.25, -0.2) is 8.78 Å². The second kappa shape index (κ2) is 10.7. The molecule has 192 valence electrons. The van der Waals surface area contributed by atoms with Gasteiger partial charge in [0.25, 0.3) is 0 Å². The van der Waals surface area contributed by atoms with Gasteiger partial charge in [-0.15, -0.1) is 0 Å². The Morgan fingerprint density at radius 1 is 0.973 bits per heavy atom. The molecule has 0 heterocycles. The lowest BCUT2D eigenvalue weighted by Crippen LogP contribution is -2.15. The molecule has 3 aromatic rings. The summed E-state index contributed by atoms with van der Waals surface area (Å²) in [5.41, 5.74) is 9.62. The van der Waals surface area contributed by atoms with Crippen molar-refractivity contribution in [1.29, 1.82) is 0 Å². The van der Waals surface area contributed by atoms with Crippen molar-refractivity contribution in [3.05, 3.63) is 112 Å². The summed E-state index contributed by atoms with van der Waals surface area (Å²) in [7, 11) is 0. The summed E-state index contributed by atoms with van der Waals surface area (Å²) in [6.45, 7) is 8.90. The predicted molar refractivity (Wildman–Crippen MR) is 150 cm³/mol. The third-order valence-corrected chi connectivity index (χ3v) is 8.49. The van der Waals surface area contributed by atoms with Crippen molar-refractivity contribution in [1.82, 2.24) is 0 Å². The molecule has 1 fully saturated rings. The Kier molecular flexibility index (Phi) is 7.42. The maximum Gasteiger partial charge on any atom is 0.129 e. The molecule has 0 saturated heterocycles. The van der Waals surface area contributed by atoms with E-state index in [1.807, 2.05) is 0 Å². The highest BCUT2D eigenvalue weighted by Crippen LogP contribution is 2.43. The van der Waals surface area contributed by atoms with Crippen LogP contribution >= 0.6 is 0 Å². The van der Waals surface area contributed by atoms with Crippen LogP contribution in [0.15, 0.2) is 77.3 Å². The lowest BCUT2D eigenvalue weighted by Gasteiger charge is -2.25. The molecule has 37 heavy (non-hydrogen) atoms.